The number of hydrogen-bond acceptors (Lipinski definition) is 2. The molecule has 1 aliphatic rings. The van der Waals surface area contributed by atoms with Gasteiger partial charge in [-0.25, -0.2) is 0 Å². The van der Waals surface area contributed by atoms with Gasteiger partial charge >= 0.3 is 0 Å². The van der Waals surface area contributed by atoms with Crippen molar-refractivity contribution in [3.63, 3.8) is 0 Å². The van der Waals surface area contributed by atoms with Crippen molar-refractivity contribution in [2.24, 2.45) is 4.99 Å². The standard InChI is InChI=1S/C21H25ClN4O.HI/c1-23-21(26-14-11-17(15-26)16-7-3-2-4-8-16)25-13-12-24-20(27)18-9-5-6-10-19(18)22;/h2-10,17H,11-15H2,1H3,(H,23,25)(H,24,27);1H. The first kappa shape index (κ1) is 22.5. The average molecular weight is 513 g/mol. The molecule has 0 aliphatic carbocycles. The molecule has 0 saturated carbocycles. The second-order valence-electron chi connectivity index (χ2n) is 6.55. The highest BCUT2D eigenvalue weighted by atomic mass is 127. The zero-order valence-corrected chi connectivity index (χ0v) is 19.0. The van der Waals surface area contributed by atoms with Gasteiger partial charge in [-0.2, -0.15) is 0 Å². The number of aliphatic imine (C=N–C) groups is 1. The Hall–Kier alpha value is -1.80. The van der Waals surface area contributed by atoms with Gasteiger partial charge in [0.05, 0.1) is 10.6 Å². The largest absolute Gasteiger partial charge is 0.354 e. The van der Waals surface area contributed by atoms with Crippen LogP contribution >= 0.6 is 35.6 Å². The highest BCUT2D eigenvalue weighted by Gasteiger charge is 2.25. The van der Waals surface area contributed by atoms with Crippen LogP contribution in [-0.2, 0) is 0 Å². The lowest BCUT2D eigenvalue weighted by Gasteiger charge is -2.22. The van der Waals surface area contributed by atoms with Crippen LogP contribution in [0.15, 0.2) is 59.6 Å². The molecule has 1 amide bonds. The molecule has 0 bridgehead atoms. The van der Waals surface area contributed by atoms with E-state index in [2.05, 4.69) is 44.8 Å². The average Bonchev–Trinajstić information content (AvgIpc) is 3.19. The van der Waals surface area contributed by atoms with Crippen molar-refractivity contribution in [3.8, 4) is 0 Å². The number of rotatable bonds is 5. The van der Waals surface area contributed by atoms with Crippen molar-refractivity contribution in [2.45, 2.75) is 12.3 Å². The van der Waals surface area contributed by atoms with Crippen molar-refractivity contribution in [2.75, 3.05) is 33.2 Å². The van der Waals surface area contributed by atoms with E-state index in [0.717, 1.165) is 25.5 Å². The summed E-state index contributed by atoms with van der Waals surface area (Å²) in [6.07, 6.45) is 1.12. The number of benzene rings is 2. The van der Waals surface area contributed by atoms with Gasteiger partial charge in [0.1, 0.15) is 0 Å². The van der Waals surface area contributed by atoms with Crippen LogP contribution in [0, 0.1) is 0 Å². The Morgan fingerprint density at radius 1 is 1.11 bits per heavy atom. The van der Waals surface area contributed by atoms with Gasteiger partial charge in [0.15, 0.2) is 5.96 Å². The van der Waals surface area contributed by atoms with E-state index in [0.29, 0.717) is 29.6 Å². The van der Waals surface area contributed by atoms with Crippen LogP contribution in [0.3, 0.4) is 0 Å². The van der Waals surface area contributed by atoms with Crippen LogP contribution in [0.5, 0.6) is 0 Å². The van der Waals surface area contributed by atoms with Crippen LogP contribution in [0.2, 0.25) is 5.02 Å². The van der Waals surface area contributed by atoms with Crippen molar-refractivity contribution >= 4 is 47.4 Å². The smallest absolute Gasteiger partial charge is 0.252 e. The summed E-state index contributed by atoms with van der Waals surface area (Å²) in [6.45, 7) is 3.04. The van der Waals surface area contributed by atoms with Crippen molar-refractivity contribution in [1.82, 2.24) is 15.5 Å². The summed E-state index contributed by atoms with van der Waals surface area (Å²) in [5.74, 6) is 1.24. The number of carbonyl (C=O) groups excluding carboxylic acids is 1. The molecule has 2 aromatic rings. The molecule has 5 nitrogen and oxygen atoms in total. The topological polar surface area (TPSA) is 56.7 Å². The van der Waals surface area contributed by atoms with Gasteiger partial charge in [0, 0.05) is 39.1 Å². The first-order chi connectivity index (χ1) is 13.2. The van der Waals surface area contributed by atoms with Gasteiger partial charge in [-0.3, -0.25) is 9.79 Å². The fourth-order valence-corrected chi connectivity index (χ4v) is 3.59. The van der Waals surface area contributed by atoms with Crippen molar-refractivity contribution in [3.05, 3.63) is 70.7 Å². The lowest BCUT2D eigenvalue weighted by molar-refractivity contribution is 0.0954. The molecule has 1 atom stereocenters. The minimum atomic E-state index is -0.164. The first-order valence-electron chi connectivity index (χ1n) is 9.22. The molecule has 3 rings (SSSR count). The maximum absolute atomic E-state index is 12.2. The zero-order valence-electron chi connectivity index (χ0n) is 15.9. The molecular weight excluding hydrogens is 487 g/mol. The van der Waals surface area contributed by atoms with Crippen LogP contribution < -0.4 is 10.6 Å². The molecule has 0 spiro atoms. The van der Waals surface area contributed by atoms with Gasteiger partial charge < -0.3 is 15.5 Å². The Balaban J connectivity index is 0.00000280. The van der Waals surface area contributed by atoms with Crippen LogP contribution in [0.1, 0.15) is 28.3 Å². The highest BCUT2D eigenvalue weighted by Crippen LogP contribution is 2.26. The van der Waals surface area contributed by atoms with E-state index in [1.54, 1.807) is 25.2 Å². The molecule has 7 heteroatoms. The van der Waals surface area contributed by atoms with Gasteiger partial charge in [-0.15, -0.1) is 24.0 Å². The summed E-state index contributed by atoms with van der Waals surface area (Å²) in [5, 5.41) is 6.68. The predicted molar refractivity (Wildman–Crippen MR) is 126 cm³/mol. The fourth-order valence-electron chi connectivity index (χ4n) is 3.37. The first-order valence-corrected chi connectivity index (χ1v) is 9.60. The number of carbonyl (C=O) groups is 1. The maximum Gasteiger partial charge on any atom is 0.252 e. The number of nitrogens with one attached hydrogen (secondary N) is 2. The monoisotopic (exact) mass is 512 g/mol. The van der Waals surface area contributed by atoms with Crippen LogP contribution in [-0.4, -0.2) is 50.0 Å². The van der Waals surface area contributed by atoms with Crippen LogP contribution in [0.4, 0.5) is 0 Å². The van der Waals surface area contributed by atoms with E-state index in [1.165, 1.54) is 5.56 Å². The normalized spacial score (nSPS) is 16.4. The highest BCUT2D eigenvalue weighted by molar-refractivity contribution is 14.0. The molecule has 1 unspecified atom stereocenters. The molecule has 2 aromatic carbocycles. The molecule has 1 saturated heterocycles. The van der Waals surface area contributed by atoms with Gasteiger partial charge in [0.2, 0.25) is 0 Å². The minimum absolute atomic E-state index is 0. The number of guanidine groups is 1. The summed E-state index contributed by atoms with van der Waals surface area (Å²) in [5.41, 5.74) is 1.87. The van der Waals surface area contributed by atoms with E-state index in [1.807, 2.05) is 12.1 Å². The Morgan fingerprint density at radius 2 is 1.79 bits per heavy atom. The second-order valence-corrected chi connectivity index (χ2v) is 6.96. The number of likely N-dealkylation sites (tertiary alicyclic amines) is 1. The zero-order chi connectivity index (χ0) is 19.1. The third-order valence-corrected chi connectivity index (χ3v) is 5.11. The Bertz CT molecular complexity index is 800. The van der Waals surface area contributed by atoms with Crippen molar-refractivity contribution in [1.29, 1.82) is 0 Å². The van der Waals surface area contributed by atoms with Crippen LogP contribution in [0.25, 0.3) is 0 Å². The van der Waals surface area contributed by atoms with E-state index in [-0.39, 0.29) is 29.9 Å². The summed E-state index contributed by atoms with van der Waals surface area (Å²) < 4.78 is 0. The van der Waals surface area contributed by atoms with E-state index in [9.17, 15) is 4.79 Å². The van der Waals surface area contributed by atoms with E-state index in [4.69, 9.17) is 11.6 Å². The van der Waals surface area contributed by atoms with Crippen molar-refractivity contribution < 1.29 is 4.79 Å². The molecule has 1 aliphatic heterocycles. The second kappa shape index (κ2) is 11.3. The molecule has 2 N–H and O–H groups in total. The molecular formula is C21H26ClIN4O. The Labute approximate surface area is 188 Å². The number of nitrogens with zero attached hydrogens (tertiary/aromatic N) is 2. The molecule has 0 aromatic heterocycles. The third kappa shape index (κ3) is 5.85. The molecule has 1 fully saturated rings. The summed E-state index contributed by atoms with van der Waals surface area (Å²) >= 11 is 6.05. The molecule has 28 heavy (non-hydrogen) atoms. The summed E-state index contributed by atoms with van der Waals surface area (Å²) in [6, 6.07) is 17.7. The van der Waals surface area contributed by atoms with Gasteiger partial charge in [-0.05, 0) is 24.1 Å². The Kier molecular flexibility index (Phi) is 9.05. The maximum atomic E-state index is 12.2. The van der Waals surface area contributed by atoms with Gasteiger partial charge in [-0.1, -0.05) is 54.1 Å². The lowest BCUT2D eigenvalue weighted by atomic mass is 9.99. The fraction of sp³-hybridized carbons (Fsp3) is 0.333. The number of hydrogen-bond donors (Lipinski definition) is 2. The third-order valence-electron chi connectivity index (χ3n) is 4.78. The SMILES string of the molecule is CN=C(NCCNC(=O)c1ccccc1Cl)N1CCC(c2ccccc2)C1.I. The summed E-state index contributed by atoms with van der Waals surface area (Å²) in [7, 11) is 1.79. The molecule has 150 valence electrons. The number of halogens is 2. The van der Waals surface area contributed by atoms with E-state index < -0.39 is 0 Å². The lowest BCUT2D eigenvalue weighted by Crippen LogP contribution is -2.43. The van der Waals surface area contributed by atoms with Gasteiger partial charge in [0.25, 0.3) is 5.91 Å². The predicted octanol–water partition coefficient (Wildman–Crippen LogP) is 3.75. The molecule has 1 heterocycles. The Morgan fingerprint density at radius 3 is 2.50 bits per heavy atom. The van der Waals surface area contributed by atoms with E-state index >= 15 is 0 Å². The number of amides is 1. The molecule has 0 radical (unpaired) electrons. The summed E-state index contributed by atoms with van der Waals surface area (Å²) in [4.78, 5) is 18.8. The quantitative estimate of drug-likeness (QED) is 0.278. The minimum Gasteiger partial charge on any atom is -0.354 e.